The van der Waals surface area contributed by atoms with Gasteiger partial charge in [-0.25, -0.2) is 9.97 Å². The Morgan fingerprint density at radius 3 is 2.61 bits per heavy atom. The smallest absolute Gasteiger partial charge is 0.417 e. The highest BCUT2D eigenvalue weighted by Gasteiger charge is 2.32. The summed E-state index contributed by atoms with van der Waals surface area (Å²) in [7, 11) is 1.34. The highest BCUT2D eigenvalue weighted by Crippen LogP contribution is 2.38. The van der Waals surface area contributed by atoms with Crippen molar-refractivity contribution in [1.29, 1.82) is 0 Å². The lowest BCUT2D eigenvalue weighted by Gasteiger charge is -2.24. The number of nitrogens with one attached hydrogen (secondary N) is 1. The van der Waals surface area contributed by atoms with Crippen molar-refractivity contribution in [2.45, 2.75) is 29.8 Å². The number of amides is 1. The molecular formula is C17H17ClF3N3O3S. The van der Waals surface area contributed by atoms with Crippen LogP contribution in [0.25, 0.3) is 0 Å². The van der Waals surface area contributed by atoms with Gasteiger partial charge in [0.2, 0.25) is 0 Å². The molecule has 0 unspecified atom stereocenters. The quantitative estimate of drug-likeness (QED) is 0.663. The maximum Gasteiger partial charge on any atom is 0.417 e. The van der Waals surface area contributed by atoms with Crippen molar-refractivity contribution >= 4 is 29.3 Å². The number of aromatic hydroxyl groups is 1. The van der Waals surface area contributed by atoms with Crippen molar-refractivity contribution in [1.82, 2.24) is 15.3 Å². The monoisotopic (exact) mass is 435 g/mol. The maximum absolute atomic E-state index is 12.7. The Bertz CT molecular complexity index is 878. The third-order valence-electron chi connectivity index (χ3n) is 3.50. The molecule has 2 aromatic heterocycles. The molecule has 6 nitrogen and oxygen atoms in total. The molecule has 0 radical (unpaired) electrons. The minimum atomic E-state index is -4.53. The molecule has 0 aliphatic carbocycles. The van der Waals surface area contributed by atoms with Crippen LogP contribution in [-0.4, -0.2) is 39.4 Å². The number of hydrogen-bond donors (Lipinski definition) is 2. The Morgan fingerprint density at radius 1 is 1.36 bits per heavy atom. The Hall–Kier alpha value is -2.20. The number of thioether (sulfide) groups is 1. The molecule has 0 spiro atoms. The first-order chi connectivity index (χ1) is 12.9. The molecule has 0 bridgehead atoms. The fraction of sp³-hybridized carbons (Fsp3) is 0.353. The van der Waals surface area contributed by atoms with E-state index in [1.54, 1.807) is 13.8 Å². The van der Waals surface area contributed by atoms with E-state index >= 15 is 0 Å². The zero-order chi connectivity index (χ0) is 21.1. The van der Waals surface area contributed by atoms with Crippen molar-refractivity contribution in [2.24, 2.45) is 0 Å². The van der Waals surface area contributed by atoms with Crippen molar-refractivity contribution in [3.8, 4) is 11.5 Å². The van der Waals surface area contributed by atoms with Gasteiger partial charge in [0, 0.05) is 29.8 Å². The molecule has 2 rings (SSSR count). The van der Waals surface area contributed by atoms with E-state index in [0.717, 1.165) is 17.8 Å². The second kappa shape index (κ2) is 8.44. The Balaban J connectivity index is 2.07. The van der Waals surface area contributed by atoms with Gasteiger partial charge in [0.15, 0.2) is 17.2 Å². The summed E-state index contributed by atoms with van der Waals surface area (Å²) in [6, 6.07) is 2.22. The Labute approximate surface area is 168 Å². The van der Waals surface area contributed by atoms with Crippen molar-refractivity contribution in [2.75, 3.05) is 13.7 Å². The van der Waals surface area contributed by atoms with Crippen LogP contribution in [0.2, 0.25) is 5.02 Å². The molecule has 0 saturated carbocycles. The van der Waals surface area contributed by atoms with Gasteiger partial charge >= 0.3 is 6.18 Å². The van der Waals surface area contributed by atoms with Crippen LogP contribution in [0, 0.1) is 0 Å². The SMILES string of the molecule is COc1ccnc(C(=O)NCC(C)(C)Sc2ncc(C(F)(F)F)cc2Cl)c1O. The van der Waals surface area contributed by atoms with Gasteiger partial charge in [0.05, 0.1) is 17.7 Å². The standard InChI is InChI=1S/C17H17ClF3N3O3S/c1-16(2,28-15-10(18)6-9(7-23-15)17(19,20)21)8-24-14(26)12-13(25)11(27-3)4-5-22-12/h4-7,25H,8H2,1-3H3,(H,24,26). The van der Waals surface area contributed by atoms with E-state index in [1.165, 1.54) is 19.4 Å². The molecular weight excluding hydrogens is 419 g/mol. The number of carbonyl (C=O) groups excluding carboxylic acids is 1. The predicted octanol–water partition coefficient (Wildman–Crippen LogP) is 4.16. The second-order valence-corrected chi connectivity index (χ2v) is 8.37. The van der Waals surface area contributed by atoms with Crippen LogP contribution >= 0.6 is 23.4 Å². The van der Waals surface area contributed by atoms with E-state index in [4.69, 9.17) is 16.3 Å². The molecule has 28 heavy (non-hydrogen) atoms. The van der Waals surface area contributed by atoms with Gasteiger partial charge in [0.25, 0.3) is 5.91 Å². The van der Waals surface area contributed by atoms with E-state index in [2.05, 4.69) is 15.3 Å². The lowest BCUT2D eigenvalue weighted by atomic mass is 10.2. The number of ether oxygens (including phenoxy) is 1. The molecule has 0 atom stereocenters. The van der Waals surface area contributed by atoms with Crippen LogP contribution in [0.3, 0.4) is 0 Å². The van der Waals surface area contributed by atoms with Gasteiger partial charge in [-0.05, 0) is 19.9 Å². The molecule has 0 fully saturated rings. The number of pyridine rings is 2. The van der Waals surface area contributed by atoms with E-state index in [1.807, 2.05) is 0 Å². The van der Waals surface area contributed by atoms with Crippen molar-refractivity contribution in [3.63, 3.8) is 0 Å². The number of aromatic nitrogens is 2. The molecule has 1 amide bonds. The Morgan fingerprint density at radius 2 is 2.04 bits per heavy atom. The van der Waals surface area contributed by atoms with Crippen LogP contribution in [0.1, 0.15) is 29.9 Å². The number of nitrogens with zero attached hydrogens (tertiary/aromatic N) is 2. The number of hydrogen-bond acceptors (Lipinski definition) is 6. The zero-order valence-electron chi connectivity index (χ0n) is 15.1. The fourth-order valence-corrected chi connectivity index (χ4v) is 3.31. The number of halogens is 4. The molecule has 0 aliphatic rings. The van der Waals surface area contributed by atoms with Crippen LogP contribution in [0.5, 0.6) is 11.5 Å². The van der Waals surface area contributed by atoms with Crippen LogP contribution in [0.4, 0.5) is 13.2 Å². The van der Waals surface area contributed by atoms with E-state index in [-0.39, 0.29) is 33.8 Å². The van der Waals surface area contributed by atoms with Crippen LogP contribution < -0.4 is 10.1 Å². The average Bonchev–Trinajstić information content (AvgIpc) is 2.60. The number of alkyl halides is 3. The summed E-state index contributed by atoms with van der Waals surface area (Å²) in [6.45, 7) is 3.62. The summed E-state index contributed by atoms with van der Waals surface area (Å²) in [6.07, 6.45) is -2.50. The number of carbonyl (C=O) groups is 1. The highest BCUT2D eigenvalue weighted by atomic mass is 35.5. The number of methoxy groups -OCH3 is 1. The molecule has 0 aliphatic heterocycles. The van der Waals surface area contributed by atoms with Gasteiger partial charge in [0.1, 0.15) is 5.03 Å². The fourth-order valence-electron chi connectivity index (χ4n) is 2.10. The van der Waals surface area contributed by atoms with Gasteiger partial charge in [-0.3, -0.25) is 4.79 Å². The minimum Gasteiger partial charge on any atom is -0.503 e. The van der Waals surface area contributed by atoms with Gasteiger partial charge < -0.3 is 15.2 Å². The Kier molecular flexibility index (Phi) is 6.66. The summed E-state index contributed by atoms with van der Waals surface area (Å²) in [4.78, 5) is 19.9. The third kappa shape index (κ3) is 5.41. The molecule has 0 saturated heterocycles. The van der Waals surface area contributed by atoms with Gasteiger partial charge in [-0.2, -0.15) is 13.2 Å². The van der Waals surface area contributed by atoms with Gasteiger partial charge in [-0.1, -0.05) is 23.4 Å². The van der Waals surface area contributed by atoms with E-state index in [0.29, 0.717) is 6.20 Å². The molecule has 152 valence electrons. The summed E-state index contributed by atoms with van der Waals surface area (Å²) < 4.78 is 42.4. The third-order valence-corrected chi connectivity index (χ3v) is 5.12. The molecule has 11 heteroatoms. The topological polar surface area (TPSA) is 84.3 Å². The van der Waals surface area contributed by atoms with Gasteiger partial charge in [-0.15, -0.1) is 0 Å². The normalized spacial score (nSPS) is 12.0. The lowest BCUT2D eigenvalue weighted by Crippen LogP contribution is -2.36. The summed E-state index contributed by atoms with van der Waals surface area (Å²) >= 11 is 7.03. The summed E-state index contributed by atoms with van der Waals surface area (Å²) in [5.74, 6) is -0.911. The highest BCUT2D eigenvalue weighted by molar-refractivity contribution is 8.00. The van der Waals surface area contributed by atoms with E-state index < -0.39 is 22.4 Å². The molecule has 2 N–H and O–H groups in total. The molecule has 2 aromatic rings. The average molecular weight is 436 g/mol. The largest absolute Gasteiger partial charge is 0.503 e. The van der Waals surface area contributed by atoms with Crippen LogP contribution in [-0.2, 0) is 6.18 Å². The first-order valence-corrected chi connectivity index (χ1v) is 9.06. The van der Waals surface area contributed by atoms with Crippen molar-refractivity contribution < 1.29 is 27.8 Å². The molecule has 2 heterocycles. The summed E-state index contributed by atoms with van der Waals surface area (Å²) in [5.41, 5.74) is -1.14. The first-order valence-electron chi connectivity index (χ1n) is 7.86. The molecule has 0 aromatic carbocycles. The first kappa shape index (κ1) is 22.1. The predicted molar refractivity (Wildman–Crippen MR) is 99.0 cm³/mol. The zero-order valence-corrected chi connectivity index (χ0v) is 16.7. The van der Waals surface area contributed by atoms with Crippen molar-refractivity contribution in [3.05, 3.63) is 40.8 Å². The van der Waals surface area contributed by atoms with Crippen LogP contribution in [0.15, 0.2) is 29.6 Å². The maximum atomic E-state index is 12.7. The lowest BCUT2D eigenvalue weighted by molar-refractivity contribution is -0.137. The number of rotatable bonds is 6. The minimum absolute atomic E-state index is 0.105. The summed E-state index contributed by atoms with van der Waals surface area (Å²) in [5, 5.41) is 12.7. The van der Waals surface area contributed by atoms with E-state index in [9.17, 15) is 23.1 Å². The second-order valence-electron chi connectivity index (χ2n) is 6.26.